The number of hydrazone groups is 1. The lowest BCUT2D eigenvalue weighted by Gasteiger charge is -2.32. The highest BCUT2D eigenvalue weighted by Crippen LogP contribution is 2.58. The van der Waals surface area contributed by atoms with E-state index in [1.54, 1.807) is 6.92 Å². The summed E-state index contributed by atoms with van der Waals surface area (Å²) in [6.45, 7) is 1.82. The third-order valence-corrected chi connectivity index (χ3v) is 4.84. The Balaban J connectivity index is 2.99. The lowest BCUT2D eigenvalue weighted by atomic mass is 10.2. The van der Waals surface area contributed by atoms with E-state index in [9.17, 15) is 14.2 Å². The summed E-state index contributed by atoms with van der Waals surface area (Å²) in [5.74, 6) is -0.664. The fraction of sp³-hybridized carbons (Fsp3) is 0.667. The van der Waals surface area contributed by atoms with Crippen molar-refractivity contribution in [3.63, 3.8) is 0 Å². The molecule has 1 amide bonds. The molecule has 108 valence electrons. The van der Waals surface area contributed by atoms with Gasteiger partial charge in [0.2, 0.25) is 11.8 Å². The van der Waals surface area contributed by atoms with Gasteiger partial charge in [0.25, 0.3) is 0 Å². The molecule has 1 atom stereocenters. The molecule has 1 aliphatic rings. The molecule has 0 fully saturated rings. The Morgan fingerprint density at radius 3 is 2.68 bits per heavy atom. The van der Waals surface area contributed by atoms with E-state index in [4.69, 9.17) is 13.8 Å². The van der Waals surface area contributed by atoms with E-state index in [-0.39, 0.29) is 18.7 Å². The highest BCUT2D eigenvalue weighted by atomic mass is 31.2. The first-order chi connectivity index (χ1) is 8.98. The average molecular weight is 293 g/mol. The summed E-state index contributed by atoms with van der Waals surface area (Å²) in [4.78, 5) is 22.3. The highest BCUT2D eigenvalue weighted by Gasteiger charge is 2.55. The maximum absolute atomic E-state index is 12.4. The zero-order valence-electron chi connectivity index (χ0n) is 10.8. The molecule has 0 spiro atoms. The number of nitrogens with one attached hydrogen (secondary N) is 2. The zero-order chi connectivity index (χ0) is 14.5. The van der Waals surface area contributed by atoms with Crippen LogP contribution in [0.4, 0.5) is 0 Å². The highest BCUT2D eigenvalue weighted by molar-refractivity contribution is 7.55. The normalized spacial score (nSPS) is 22.4. The van der Waals surface area contributed by atoms with Crippen LogP contribution in [0.15, 0.2) is 5.10 Å². The minimum atomic E-state index is -3.75. The van der Waals surface area contributed by atoms with Crippen LogP contribution in [0.3, 0.4) is 0 Å². The molecular formula is C9H16N3O6P. The van der Waals surface area contributed by atoms with Crippen LogP contribution in [0.5, 0.6) is 0 Å². The second-order valence-electron chi connectivity index (χ2n) is 3.55. The minimum Gasteiger partial charge on any atom is -0.461 e. The van der Waals surface area contributed by atoms with Crippen molar-refractivity contribution in [2.24, 2.45) is 5.10 Å². The number of hydrogen-bond acceptors (Lipinski definition) is 8. The molecule has 1 rings (SSSR count). The summed E-state index contributed by atoms with van der Waals surface area (Å²) in [5, 5.41) is 4.42. The maximum Gasteiger partial charge on any atom is 0.377 e. The third-order valence-electron chi connectivity index (χ3n) is 2.56. The topological polar surface area (TPSA) is 115 Å². The fourth-order valence-corrected chi connectivity index (χ4v) is 3.12. The van der Waals surface area contributed by atoms with Crippen molar-refractivity contribution in [2.45, 2.75) is 18.7 Å². The van der Waals surface area contributed by atoms with Crippen molar-refractivity contribution < 1.29 is 27.9 Å². The van der Waals surface area contributed by atoms with Crippen molar-refractivity contribution in [1.29, 1.82) is 0 Å². The number of hydrogen-bond donors (Lipinski definition) is 2. The molecule has 0 aromatic rings. The molecule has 0 bridgehead atoms. The van der Waals surface area contributed by atoms with Crippen LogP contribution >= 0.6 is 7.60 Å². The molecule has 0 radical (unpaired) electrons. The van der Waals surface area contributed by atoms with Gasteiger partial charge in [-0.05, 0) is 6.92 Å². The second-order valence-corrected chi connectivity index (χ2v) is 6.04. The Hall–Kier alpha value is -1.44. The van der Waals surface area contributed by atoms with Crippen molar-refractivity contribution in [2.75, 3.05) is 20.8 Å². The number of nitrogens with zero attached hydrogens (tertiary/aromatic N) is 1. The van der Waals surface area contributed by atoms with Crippen molar-refractivity contribution in [3.05, 3.63) is 0 Å². The molecule has 1 unspecified atom stereocenters. The van der Waals surface area contributed by atoms with Gasteiger partial charge in [-0.15, -0.1) is 0 Å². The Morgan fingerprint density at radius 2 is 2.21 bits per heavy atom. The van der Waals surface area contributed by atoms with Gasteiger partial charge < -0.3 is 19.1 Å². The molecular weight excluding hydrogens is 277 g/mol. The Kier molecular flexibility index (Phi) is 5.04. The van der Waals surface area contributed by atoms with Crippen molar-refractivity contribution >= 4 is 25.7 Å². The number of esters is 1. The summed E-state index contributed by atoms with van der Waals surface area (Å²) >= 11 is 0. The molecule has 0 saturated carbocycles. The van der Waals surface area contributed by atoms with Gasteiger partial charge in [0, 0.05) is 14.2 Å². The summed E-state index contributed by atoms with van der Waals surface area (Å²) < 4.78 is 26.9. The number of carbonyl (C=O) groups excluding carboxylic acids is 2. The maximum atomic E-state index is 12.4. The summed E-state index contributed by atoms with van der Waals surface area (Å²) in [6, 6.07) is 0. The third kappa shape index (κ3) is 2.78. The quantitative estimate of drug-likeness (QED) is 0.379. The van der Waals surface area contributed by atoms with E-state index in [0.717, 1.165) is 0 Å². The summed E-state index contributed by atoms with van der Waals surface area (Å²) in [5.41, 5.74) is 2.43. The minimum absolute atomic E-state index is 0.00877. The van der Waals surface area contributed by atoms with Gasteiger partial charge in [-0.25, -0.2) is 4.79 Å². The number of ether oxygens (including phenoxy) is 1. The molecule has 0 aromatic carbocycles. The van der Waals surface area contributed by atoms with Crippen LogP contribution in [0.1, 0.15) is 13.3 Å². The first-order valence-electron chi connectivity index (χ1n) is 5.42. The van der Waals surface area contributed by atoms with Gasteiger partial charge in [-0.3, -0.25) is 14.8 Å². The van der Waals surface area contributed by atoms with Crippen molar-refractivity contribution in [1.82, 2.24) is 10.7 Å². The summed E-state index contributed by atoms with van der Waals surface area (Å²) in [7, 11) is -1.41. The first kappa shape index (κ1) is 15.6. The second kappa shape index (κ2) is 6.14. The van der Waals surface area contributed by atoms with E-state index in [0.29, 0.717) is 6.41 Å². The predicted molar refractivity (Wildman–Crippen MR) is 65.4 cm³/mol. The molecule has 1 heterocycles. The van der Waals surface area contributed by atoms with Gasteiger partial charge in [-0.2, -0.15) is 5.10 Å². The lowest BCUT2D eigenvalue weighted by molar-refractivity contribution is -0.135. The monoisotopic (exact) mass is 293 g/mol. The van der Waals surface area contributed by atoms with Crippen molar-refractivity contribution in [3.8, 4) is 0 Å². The van der Waals surface area contributed by atoms with Gasteiger partial charge >= 0.3 is 13.6 Å². The Bertz CT molecular complexity index is 432. The van der Waals surface area contributed by atoms with Crippen LogP contribution in [0, 0.1) is 0 Å². The van der Waals surface area contributed by atoms with E-state index >= 15 is 0 Å². The zero-order valence-corrected chi connectivity index (χ0v) is 11.7. The molecule has 9 nitrogen and oxygen atoms in total. The molecule has 19 heavy (non-hydrogen) atoms. The van der Waals surface area contributed by atoms with E-state index < -0.39 is 19.0 Å². The van der Waals surface area contributed by atoms with Crippen LogP contribution in [-0.4, -0.2) is 44.3 Å². The van der Waals surface area contributed by atoms with Crippen LogP contribution < -0.4 is 10.7 Å². The first-order valence-corrected chi connectivity index (χ1v) is 6.96. The smallest absolute Gasteiger partial charge is 0.377 e. The van der Waals surface area contributed by atoms with Gasteiger partial charge in [0.1, 0.15) is 0 Å². The lowest BCUT2D eigenvalue weighted by Crippen LogP contribution is -2.52. The van der Waals surface area contributed by atoms with Gasteiger partial charge in [0.15, 0.2) is 5.71 Å². The SMILES string of the molecule is CCOC(=O)C1=NNC(NC=O)(P(=O)(OC)OC)C1. The molecule has 1 aliphatic heterocycles. The van der Waals surface area contributed by atoms with Crippen LogP contribution in [-0.2, 0) is 27.9 Å². The Labute approximate surface area is 110 Å². The number of amides is 1. The molecule has 0 aromatic heterocycles. The largest absolute Gasteiger partial charge is 0.461 e. The molecule has 0 aliphatic carbocycles. The van der Waals surface area contributed by atoms with Crippen LogP contribution in [0.25, 0.3) is 0 Å². The fourth-order valence-electron chi connectivity index (χ4n) is 1.62. The molecule has 0 saturated heterocycles. The predicted octanol–water partition coefficient (Wildman–Crippen LogP) is -0.216. The number of carbonyl (C=O) groups is 2. The van der Waals surface area contributed by atoms with E-state index in [2.05, 4.69) is 15.8 Å². The Morgan fingerprint density at radius 1 is 1.58 bits per heavy atom. The van der Waals surface area contributed by atoms with Gasteiger partial charge in [0.05, 0.1) is 13.0 Å². The van der Waals surface area contributed by atoms with E-state index in [1.165, 1.54) is 14.2 Å². The molecule has 2 N–H and O–H groups in total. The molecule has 10 heteroatoms. The van der Waals surface area contributed by atoms with Crippen LogP contribution in [0.2, 0.25) is 0 Å². The standard InChI is InChI=1S/C9H16N3O6P/c1-4-18-8(14)7-5-9(10-6-13,12-11-7)19(15,16-2)17-3/h6,12H,4-5H2,1-3H3,(H,10,13). The average Bonchev–Trinajstić information content (AvgIpc) is 2.84. The number of rotatable bonds is 7. The summed E-state index contributed by atoms with van der Waals surface area (Å²) in [6.07, 6.45) is 0.144. The van der Waals surface area contributed by atoms with Gasteiger partial charge in [-0.1, -0.05) is 0 Å². The van der Waals surface area contributed by atoms with E-state index in [1.807, 2.05) is 0 Å².